The van der Waals surface area contributed by atoms with E-state index in [1.54, 1.807) is 6.08 Å². The molecule has 0 aromatic carbocycles. The highest BCUT2D eigenvalue weighted by Crippen LogP contribution is 2.08. The summed E-state index contributed by atoms with van der Waals surface area (Å²) >= 11 is 0. The van der Waals surface area contributed by atoms with Gasteiger partial charge >= 0.3 is 0 Å². The van der Waals surface area contributed by atoms with Gasteiger partial charge in [-0.15, -0.1) is 0 Å². The molecule has 1 heteroatoms. The quantitative estimate of drug-likeness (QED) is 0.556. The van der Waals surface area contributed by atoms with Crippen molar-refractivity contribution in [1.82, 2.24) is 0 Å². The molecular formula is C11H20O. The number of carbonyl (C=O) groups is 1. The van der Waals surface area contributed by atoms with Crippen LogP contribution in [0, 0.1) is 5.92 Å². The van der Waals surface area contributed by atoms with Crippen molar-refractivity contribution in [3.05, 3.63) is 12.2 Å². The topological polar surface area (TPSA) is 17.1 Å². The highest BCUT2D eigenvalue weighted by molar-refractivity contribution is 5.89. The van der Waals surface area contributed by atoms with Crippen LogP contribution in [0.2, 0.25) is 0 Å². The number of allylic oxidation sites excluding steroid dienone is 2. The summed E-state index contributed by atoms with van der Waals surface area (Å²) in [5.74, 6) is 0.791. The molecule has 0 saturated carbocycles. The number of unbranched alkanes of at least 4 members (excludes halogenated alkanes) is 1. The summed E-state index contributed by atoms with van der Waals surface area (Å²) in [7, 11) is 0. The molecule has 0 spiro atoms. The van der Waals surface area contributed by atoms with E-state index in [1.807, 2.05) is 13.0 Å². The normalized spacial score (nSPS) is 13.6. The zero-order valence-electron chi connectivity index (χ0n) is 8.47. The average Bonchev–Trinajstić information content (AvgIpc) is 2.10. The van der Waals surface area contributed by atoms with E-state index >= 15 is 0 Å². The number of ketones is 1. The number of carbonyl (C=O) groups excluding carboxylic acids is 1. The molecule has 0 aromatic heterocycles. The number of rotatable bonds is 6. The van der Waals surface area contributed by atoms with E-state index in [9.17, 15) is 4.79 Å². The number of hydrogen-bond donors (Lipinski definition) is 0. The Hall–Kier alpha value is -0.590. The minimum absolute atomic E-state index is 0.235. The second-order valence-electron chi connectivity index (χ2n) is 3.30. The molecule has 0 aromatic rings. The second kappa shape index (κ2) is 7.08. The zero-order valence-corrected chi connectivity index (χ0v) is 8.47. The lowest BCUT2D eigenvalue weighted by Crippen LogP contribution is -1.93. The first-order valence-electron chi connectivity index (χ1n) is 4.91. The van der Waals surface area contributed by atoms with Crippen molar-refractivity contribution in [3.8, 4) is 0 Å². The van der Waals surface area contributed by atoms with E-state index in [0.717, 1.165) is 0 Å². The number of hydrogen-bond acceptors (Lipinski definition) is 1. The van der Waals surface area contributed by atoms with Gasteiger partial charge in [0.05, 0.1) is 0 Å². The van der Waals surface area contributed by atoms with Gasteiger partial charge in [0.25, 0.3) is 0 Å². The summed E-state index contributed by atoms with van der Waals surface area (Å²) in [5.41, 5.74) is 0. The Balaban J connectivity index is 3.59. The molecule has 0 rings (SSSR count). The van der Waals surface area contributed by atoms with Crippen LogP contribution in [0.4, 0.5) is 0 Å². The van der Waals surface area contributed by atoms with Crippen molar-refractivity contribution in [2.45, 2.75) is 46.5 Å². The largest absolute Gasteiger partial charge is 0.295 e. The Morgan fingerprint density at radius 2 is 2.08 bits per heavy atom. The van der Waals surface area contributed by atoms with E-state index in [2.05, 4.69) is 13.8 Å². The molecule has 0 saturated heterocycles. The van der Waals surface area contributed by atoms with E-state index in [4.69, 9.17) is 0 Å². The summed E-state index contributed by atoms with van der Waals surface area (Å²) in [6.45, 7) is 6.24. The van der Waals surface area contributed by atoms with Crippen LogP contribution in [0.3, 0.4) is 0 Å². The van der Waals surface area contributed by atoms with Crippen LogP contribution < -0.4 is 0 Å². The SMILES string of the molecule is CCCCC(C)/C=C/C(=O)CC. The van der Waals surface area contributed by atoms with Gasteiger partial charge in [-0.05, 0) is 18.4 Å². The molecule has 0 N–H and O–H groups in total. The van der Waals surface area contributed by atoms with Gasteiger partial charge in [-0.3, -0.25) is 4.79 Å². The molecule has 12 heavy (non-hydrogen) atoms. The molecular weight excluding hydrogens is 148 g/mol. The van der Waals surface area contributed by atoms with Crippen LogP contribution in [-0.2, 0) is 4.79 Å². The first kappa shape index (κ1) is 11.4. The lowest BCUT2D eigenvalue weighted by atomic mass is 10.0. The monoisotopic (exact) mass is 168 g/mol. The fourth-order valence-corrected chi connectivity index (χ4v) is 1.01. The van der Waals surface area contributed by atoms with Crippen molar-refractivity contribution in [1.29, 1.82) is 0 Å². The minimum atomic E-state index is 0.235. The lowest BCUT2D eigenvalue weighted by Gasteiger charge is -2.02. The first-order chi connectivity index (χ1) is 5.70. The van der Waals surface area contributed by atoms with Crippen LogP contribution in [0.15, 0.2) is 12.2 Å². The summed E-state index contributed by atoms with van der Waals surface area (Å²) in [4.78, 5) is 10.9. The van der Waals surface area contributed by atoms with Crippen LogP contribution in [0.25, 0.3) is 0 Å². The first-order valence-corrected chi connectivity index (χ1v) is 4.91. The summed E-state index contributed by atoms with van der Waals surface area (Å²) in [5, 5.41) is 0. The van der Waals surface area contributed by atoms with Gasteiger partial charge in [-0.2, -0.15) is 0 Å². The molecule has 70 valence electrons. The highest BCUT2D eigenvalue weighted by atomic mass is 16.1. The Labute approximate surface area is 75.9 Å². The third-order valence-electron chi connectivity index (χ3n) is 1.97. The van der Waals surface area contributed by atoms with E-state index in [1.165, 1.54) is 19.3 Å². The maximum absolute atomic E-state index is 10.9. The van der Waals surface area contributed by atoms with Crippen LogP contribution >= 0.6 is 0 Å². The molecule has 1 nitrogen and oxygen atoms in total. The maximum Gasteiger partial charge on any atom is 0.155 e. The van der Waals surface area contributed by atoms with Crippen molar-refractivity contribution in [2.75, 3.05) is 0 Å². The van der Waals surface area contributed by atoms with E-state index in [-0.39, 0.29) is 5.78 Å². The van der Waals surface area contributed by atoms with Gasteiger partial charge in [0.1, 0.15) is 0 Å². The Morgan fingerprint density at radius 1 is 1.42 bits per heavy atom. The standard InChI is InChI=1S/C11H20O/c1-4-6-7-10(3)8-9-11(12)5-2/h8-10H,4-7H2,1-3H3/b9-8+. The van der Waals surface area contributed by atoms with E-state index < -0.39 is 0 Å². The summed E-state index contributed by atoms with van der Waals surface area (Å²) < 4.78 is 0. The van der Waals surface area contributed by atoms with Crippen molar-refractivity contribution < 1.29 is 4.79 Å². The molecule has 1 unspecified atom stereocenters. The van der Waals surface area contributed by atoms with Crippen molar-refractivity contribution in [3.63, 3.8) is 0 Å². The summed E-state index contributed by atoms with van der Waals surface area (Å²) in [6.07, 6.45) is 8.06. The molecule has 0 heterocycles. The Kier molecular flexibility index (Phi) is 6.73. The molecule has 0 fully saturated rings. The average molecular weight is 168 g/mol. The molecule has 0 amide bonds. The van der Waals surface area contributed by atoms with Crippen LogP contribution in [0.5, 0.6) is 0 Å². The maximum atomic E-state index is 10.9. The second-order valence-corrected chi connectivity index (χ2v) is 3.30. The predicted octanol–water partition coefficient (Wildman–Crippen LogP) is 3.35. The highest BCUT2D eigenvalue weighted by Gasteiger charge is 1.96. The van der Waals surface area contributed by atoms with Gasteiger partial charge in [0.2, 0.25) is 0 Å². The fraction of sp³-hybridized carbons (Fsp3) is 0.727. The molecule has 0 radical (unpaired) electrons. The van der Waals surface area contributed by atoms with Gasteiger partial charge in [-0.25, -0.2) is 0 Å². The molecule has 1 atom stereocenters. The third kappa shape index (κ3) is 6.14. The smallest absolute Gasteiger partial charge is 0.155 e. The minimum Gasteiger partial charge on any atom is -0.295 e. The van der Waals surface area contributed by atoms with Gasteiger partial charge in [0, 0.05) is 6.42 Å². The molecule has 0 bridgehead atoms. The molecule has 0 aliphatic rings. The van der Waals surface area contributed by atoms with Gasteiger partial charge in [-0.1, -0.05) is 39.7 Å². The van der Waals surface area contributed by atoms with Gasteiger partial charge in [0.15, 0.2) is 5.78 Å². The zero-order chi connectivity index (χ0) is 9.40. The predicted molar refractivity (Wildman–Crippen MR) is 53.1 cm³/mol. The lowest BCUT2D eigenvalue weighted by molar-refractivity contribution is -0.114. The fourth-order valence-electron chi connectivity index (χ4n) is 1.01. The molecule has 0 aliphatic carbocycles. The van der Waals surface area contributed by atoms with Crippen molar-refractivity contribution in [2.24, 2.45) is 5.92 Å². The van der Waals surface area contributed by atoms with Gasteiger partial charge < -0.3 is 0 Å². The third-order valence-corrected chi connectivity index (χ3v) is 1.97. The summed E-state index contributed by atoms with van der Waals surface area (Å²) in [6, 6.07) is 0. The van der Waals surface area contributed by atoms with Crippen molar-refractivity contribution >= 4 is 5.78 Å². The molecule has 0 aliphatic heterocycles. The van der Waals surface area contributed by atoms with Crippen LogP contribution in [0.1, 0.15) is 46.5 Å². The van der Waals surface area contributed by atoms with E-state index in [0.29, 0.717) is 12.3 Å². The Bertz CT molecular complexity index is 147. The Morgan fingerprint density at radius 3 is 2.58 bits per heavy atom. The van der Waals surface area contributed by atoms with Crippen LogP contribution in [-0.4, -0.2) is 5.78 Å².